The van der Waals surface area contributed by atoms with E-state index in [1.54, 1.807) is 0 Å². The van der Waals surface area contributed by atoms with Crippen LogP contribution in [0.25, 0.3) is 11.4 Å². The van der Waals surface area contributed by atoms with Gasteiger partial charge in [0.05, 0.1) is 12.2 Å². The van der Waals surface area contributed by atoms with Gasteiger partial charge in [-0.25, -0.2) is 4.98 Å². The number of hydrogen-bond donors (Lipinski definition) is 1. The fraction of sp³-hybridized carbons (Fsp3) is 0.231. The Morgan fingerprint density at radius 1 is 1.39 bits per heavy atom. The third-order valence-electron chi connectivity index (χ3n) is 2.31. The van der Waals surface area contributed by atoms with Gasteiger partial charge >= 0.3 is 0 Å². The third kappa shape index (κ3) is 2.90. The Morgan fingerprint density at radius 3 is 2.89 bits per heavy atom. The molecule has 1 aromatic heterocycles. The number of nitrogens with one attached hydrogen (secondary N) is 1. The van der Waals surface area contributed by atoms with Gasteiger partial charge < -0.3 is 9.72 Å². The topological polar surface area (TPSA) is 55.0 Å². The molecule has 0 fully saturated rings. The molecule has 0 aliphatic carbocycles. The molecule has 2 rings (SSSR count). The van der Waals surface area contributed by atoms with Gasteiger partial charge in [-0.2, -0.15) is 0 Å². The SMILES string of the molecule is CCCOc1ccccc1-c1nc(Cl)cc(=O)[nH]1. The molecule has 18 heavy (non-hydrogen) atoms. The first-order valence-corrected chi connectivity index (χ1v) is 6.07. The van der Waals surface area contributed by atoms with Crippen molar-refractivity contribution in [1.82, 2.24) is 9.97 Å². The van der Waals surface area contributed by atoms with E-state index in [9.17, 15) is 4.79 Å². The molecule has 5 heteroatoms. The summed E-state index contributed by atoms with van der Waals surface area (Å²) in [5.41, 5.74) is 0.445. The number of para-hydroxylation sites is 1. The molecule has 1 heterocycles. The Hall–Kier alpha value is -1.81. The standard InChI is InChI=1S/C13H13ClN2O2/c1-2-7-18-10-6-4-3-5-9(10)13-15-11(14)8-12(17)16-13/h3-6,8H,2,7H2,1H3,(H,15,16,17). The Balaban J connectivity index is 2.46. The number of aromatic nitrogens is 2. The minimum absolute atomic E-state index is 0.166. The molecule has 0 bridgehead atoms. The third-order valence-corrected chi connectivity index (χ3v) is 2.51. The van der Waals surface area contributed by atoms with Crippen molar-refractivity contribution < 1.29 is 4.74 Å². The van der Waals surface area contributed by atoms with Crippen LogP contribution in [0.1, 0.15) is 13.3 Å². The molecule has 0 saturated heterocycles. The molecular formula is C13H13ClN2O2. The van der Waals surface area contributed by atoms with Crippen molar-refractivity contribution in [3.05, 3.63) is 45.8 Å². The Morgan fingerprint density at radius 2 is 2.17 bits per heavy atom. The summed E-state index contributed by atoms with van der Waals surface area (Å²) in [6.07, 6.45) is 0.911. The van der Waals surface area contributed by atoms with Gasteiger partial charge in [-0.05, 0) is 18.6 Å². The number of ether oxygens (including phenoxy) is 1. The second-order valence-corrected chi connectivity index (χ2v) is 4.15. The van der Waals surface area contributed by atoms with Crippen LogP contribution >= 0.6 is 11.6 Å². The molecule has 4 nitrogen and oxygen atoms in total. The molecule has 1 N–H and O–H groups in total. The van der Waals surface area contributed by atoms with E-state index in [1.807, 2.05) is 31.2 Å². The van der Waals surface area contributed by atoms with E-state index in [4.69, 9.17) is 16.3 Å². The number of hydrogen-bond acceptors (Lipinski definition) is 3. The van der Waals surface area contributed by atoms with Crippen LogP contribution in [0.15, 0.2) is 35.1 Å². The lowest BCUT2D eigenvalue weighted by Gasteiger charge is -2.09. The van der Waals surface area contributed by atoms with Crippen molar-refractivity contribution in [2.45, 2.75) is 13.3 Å². The van der Waals surface area contributed by atoms with Crippen molar-refractivity contribution in [3.63, 3.8) is 0 Å². The van der Waals surface area contributed by atoms with Crippen LogP contribution in [0.3, 0.4) is 0 Å². The number of aromatic amines is 1. The minimum atomic E-state index is -0.282. The van der Waals surface area contributed by atoms with E-state index in [1.165, 1.54) is 6.07 Å². The first kappa shape index (κ1) is 12.6. The quantitative estimate of drug-likeness (QED) is 0.864. The molecule has 0 amide bonds. The van der Waals surface area contributed by atoms with E-state index in [2.05, 4.69) is 9.97 Å². The van der Waals surface area contributed by atoms with Crippen LogP contribution in [-0.2, 0) is 0 Å². The maximum absolute atomic E-state index is 11.4. The average Bonchev–Trinajstić information content (AvgIpc) is 2.35. The highest BCUT2D eigenvalue weighted by Crippen LogP contribution is 2.27. The fourth-order valence-electron chi connectivity index (χ4n) is 1.56. The van der Waals surface area contributed by atoms with Crippen LogP contribution < -0.4 is 10.3 Å². The van der Waals surface area contributed by atoms with Gasteiger partial charge in [0.2, 0.25) is 0 Å². The molecule has 0 atom stereocenters. The average molecular weight is 265 g/mol. The van der Waals surface area contributed by atoms with Gasteiger partial charge in [0.25, 0.3) is 5.56 Å². The highest BCUT2D eigenvalue weighted by atomic mass is 35.5. The van der Waals surface area contributed by atoms with Crippen molar-refractivity contribution in [2.75, 3.05) is 6.61 Å². The Kier molecular flexibility index (Phi) is 3.99. The molecule has 0 unspecified atom stereocenters. The monoisotopic (exact) mass is 264 g/mol. The van der Waals surface area contributed by atoms with Crippen molar-refractivity contribution in [3.8, 4) is 17.1 Å². The normalized spacial score (nSPS) is 10.3. The van der Waals surface area contributed by atoms with Crippen molar-refractivity contribution in [2.24, 2.45) is 0 Å². The number of halogens is 1. The van der Waals surface area contributed by atoms with Gasteiger partial charge in [0.1, 0.15) is 16.7 Å². The molecule has 0 spiro atoms. The van der Waals surface area contributed by atoms with E-state index < -0.39 is 0 Å². The van der Waals surface area contributed by atoms with Crippen LogP contribution in [0.4, 0.5) is 0 Å². The number of benzene rings is 1. The predicted octanol–water partition coefficient (Wildman–Crippen LogP) is 2.88. The van der Waals surface area contributed by atoms with Crippen molar-refractivity contribution >= 4 is 11.6 Å². The lowest BCUT2D eigenvalue weighted by atomic mass is 10.2. The number of H-pyrrole nitrogens is 1. The second-order valence-electron chi connectivity index (χ2n) is 3.76. The van der Waals surface area contributed by atoms with Gasteiger partial charge in [-0.3, -0.25) is 4.79 Å². The summed E-state index contributed by atoms with van der Waals surface area (Å²) in [6, 6.07) is 8.64. The number of nitrogens with zero attached hydrogens (tertiary/aromatic N) is 1. The smallest absolute Gasteiger partial charge is 0.252 e. The lowest BCUT2D eigenvalue weighted by Crippen LogP contribution is -2.08. The van der Waals surface area contributed by atoms with E-state index in [-0.39, 0.29) is 10.7 Å². The van der Waals surface area contributed by atoms with Crippen LogP contribution in [0, 0.1) is 0 Å². The summed E-state index contributed by atoms with van der Waals surface area (Å²) in [7, 11) is 0. The zero-order valence-electron chi connectivity index (χ0n) is 9.94. The molecule has 2 aromatic rings. The summed E-state index contributed by atoms with van der Waals surface area (Å²) < 4.78 is 5.62. The molecule has 0 saturated carbocycles. The maximum Gasteiger partial charge on any atom is 0.252 e. The van der Waals surface area contributed by atoms with Crippen molar-refractivity contribution in [1.29, 1.82) is 0 Å². The molecule has 0 radical (unpaired) electrons. The summed E-state index contributed by atoms with van der Waals surface area (Å²) in [4.78, 5) is 18.1. The highest BCUT2D eigenvalue weighted by molar-refractivity contribution is 6.29. The molecular weight excluding hydrogens is 252 g/mol. The predicted molar refractivity (Wildman–Crippen MR) is 71.1 cm³/mol. The second kappa shape index (κ2) is 5.69. The minimum Gasteiger partial charge on any atom is -0.493 e. The molecule has 1 aromatic carbocycles. The first-order valence-electron chi connectivity index (χ1n) is 5.69. The zero-order valence-corrected chi connectivity index (χ0v) is 10.7. The molecule has 0 aliphatic rings. The van der Waals surface area contributed by atoms with Gasteiger partial charge in [0.15, 0.2) is 0 Å². The highest BCUT2D eigenvalue weighted by Gasteiger charge is 2.08. The Bertz CT molecular complexity index is 596. The van der Waals surface area contributed by atoms with Crippen LogP contribution in [-0.4, -0.2) is 16.6 Å². The fourth-order valence-corrected chi connectivity index (χ4v) is 1.74. The largest absolute Gasteiger partial charge is 0.493 e. The lowest BCUT2D eigenvalue weighted by molar-refractivity contribution is 0.318. The summed E-state index contributed by atoms with van der Waals surface area (Å²) >= 11 is 5.78. The molecule has 0 aliphatic heterocycles. The molecule has 94 valence electrons. The van der Waals surface area contributed by atoms with Gasteiger partial charge in [0, 0.05) is 6.07 Å². The maximum atomic E-state index is 11.4. The number of rotatable bonds is 4. The van der Waals surface area contributed by atoms with Gasteiger partial charge in [-0.15, -0.1) is 0 Å². The summed E-state index contributed by atoms with van der Waals surface area (Å²) in [5.74, 6) is 1.10. The van der Waals surface area contributed by atoms with E-state index in [0.717, 1.165) is 12.0 Å². The van der Waals surface area contributed by atoms with E-state index in [0.29, 0.717) is 18.2 Å². The van der Waals surface area contributed by atoms with E-state index >= 15 is 0 Å². The Labute approximate surface area is 110 Å². The summed E-state index contributed by atoms with van der Waals surface area (Å²) in [5, 5.41) is 0.166. The summed E-state index contributed by atoms with van der Waals surface area (Å²) in [6.45, 7) is 2.64. The van der Waals surface area contributed by atoms with Gasteiger partial charge in [-0.1, -0.05) is 30.7 Å². The zero-order chi connectivity index (χ0) is 13.0. The van der Waals surface area contributed by atoms with Crippen LogP contribution in [0.5, 0.6) is 5.75 Å². The first-order chi connectivity index (χ1) is 8.70. The van der Waals surface area contributed by atoms with Crippen LogP contribution in [0.2, 0.25) is 5.15 Å².